The molecule has 2 heterocycles. The van der Waals surface area contributed by atoms with Crippen LogP contribution in [0.2, 0.25) is 0 Å². The van der Waals surface area contributed by atoms with E-state index in [-0.39, 0.29) is 24.5 Å². The Balaban J connectivity index is 1.68. The predicted octanol–water partition coefficient (Wildman–Crippen LogP) is 2.05. The average Bonchev–Trinajstić information content (AvgIpc) is 3.24. The van der Waals surface area contributed by atoms with Crippen LogP contribution in [0.25, 0.3) is 11.0 Å². The molecule has 4 rings (SSSR count). The highest BCUT2D eigenvalue weighted by Crippen LogP contribution is 2.08. The molecular weight excluding hydrogens is 406 g/mol. The van der Waals surface area contributed by atoms with Gasteiger partial charge in [0.2, 0.25) is 5.91 Å². The van der Waals surface area contributed by atoms with Crippen LogP contribution in [0.3, 0.4) is 0 Å². The van der Waals surface area contributed by atoms with Gasteiger partial charge in [-0.15, -0.1) is 0 Å². The molecule has 0 saturated carbocycles. The molecule has 0 aliphatic rings. The normalized spacial score (nSPS) is 11.1. The number of aryl methyl sites for hydroxylation is 2. The molecule has 8 nitrogen and oxygen atoms in total. The average molecular weight is 431 g/mol. The molecule has 164 valence electrons. The van der Waals surface area contributed by atoms with Crippen molar-refractivity contribution in [3.63, 3.8) is 0 Å². The van der Waals surface area contributed by atoms with E-state index in [9.17, 15) is 14.4 Å². The molecule has 0 atom stereocenters. The second-order valence-corrected chi connectivity index (χ2v) is 7.73. The maximum Gasteiger partial charge on any atom is 0.332 e. The van der Waals surface area contributed by atoms with Crippen molar-refractivity contribution in [3.8, 4) is 0 Å². The van der Waals surface area contributed by atoms with Crippen LogP contribution < -0.4 is 16.6 Å². The standard InChI is InChI=1S/C24H25N5O3/c1-3-27-15-20-22(26-27)23(31)29(14-19-7-5-4-6-8-19)24(32)28(20)16-21(30)25-13-18-11-9-17(2)10-12-18/h4-12,15H,3,13-14,16H2,1-2H3,(H,25,30). The Labute approximate surface area is 184 Å². The molecule has 1 N–H and O–H groups in total. The number of carbonyl (C=O) groups excluding carboxylic acids is 1. The second kappa shape index (κ2) is 9.05. The first-order chi connectivity index (χ1) is 15.5. The Morgan fingerprint density at radius 3 is 2.38 bits per heavy atom. The van der Waals surface area contributed by atoms with Crippen molar-refractivity contribution in [1.82, 2.24) is 24.2 Å². The molecule has 2 aromatic heterocycles. The van der Waals surface area contributed by atoms with E-state index < -0.39 is 11.2 Å². The summed E-state index contributed by atoms with van der Waals surface area (Å²) in [6.45, 7) is 4.70. The van der Waals surface area contributed by atoms with E-state index in [1.807, 2.05) is 68.4 Å². The highest BCUT2D eigenvalue weighted by molar-refractivity contribution is 5.79. The van der Waals surface area contributed by atoms with E-state index >= 15 is 0 Å². The van der Waals surface area contributed by atoms with Crippen molar-refractivity contribution in [3.05, 3.63) is 98.3 Å². The van der Waals surface area contributed by atoms with Crippen molar-refractivity contribution in [1.29, 1.82) is 0 Å². The van der Waals surface area contributed by atoms with Crippen LogP contribution in [0.4, 0.5) is 0 Å². The van der Waals surface area contributed by atoms with E-state index in [0.717, 1.165) is 21.3 Å². The molecule has 1 amide bonds. The van der Waals surface area contributed by atoms with Gasteiger partial charge in [-0.25, -0.2) is 4.79 Å². The van der Waals surface area contributed by atoms with E-state index in [1.165, 1.54) is 4.57 Å². The SMILES string of the molecule is CCn1cc2c(n1)c(=O)n(Cc1ccccc1)c(=O)n2CC(=O)NCc1ccc(C)cc1. The highest BCUT2D eigenvalue weighted by Gasteiger charge is 2.18. The number of fused-ring (bicyclic) bond motifs is 1. The summed E-state index contributed by atoms with van der Waals surface area (Å²) in [6.07, 6.45) is 1.64. The lowest BCUT2D eigenvalue weighted by Gasteiger charge is -2.12. The van der Waals surface area contributed by atoms with Gasteiger partial charge in [-0.1, -0.05) is 60.2 Å². The highest BCUT2D eigenvalue weighted by atomic mass is 16.2. The fraction of sp³-hybridized carbons (Fsp3) is 0.250. The molecule has 0 fully saturated rings. The van der Waals surface area contributed by atoms with Gasteiger partial charge in [0.15, 0.2) is 5.52 Å². The zero-order valence-electron chi connectivity index (χ0n) is 18.1. The summed E-state index contributed by atoms with van der Waals surface area (Å²) in [5, 5.41) is 7.19. The van der Waals surface area contributed by atoms with Gasteiger partial charge < -0.3 is 5.32 Å². The van der Waals surface area contributed by atoms with E-state index in [4.69, 9.17) is 0 Å². The summed E-state index contributed by atoms with van der Waals surface area (Å²) in [5.74, 6) is -0.317. The summed E-state index contributed by atoms with van der Waals surface area (Å²) in [7, 11) is 0. The van der Waals surface area contributed by atoms with E-state index in [1.54, 1.807) is 10.9 Å². The van der Waals surface area contributed by atoms with Crippen LogP contribution in [0.1, 0.15) is 23.6 Å². The first kappa shape index (κ1) is 21.3. The maximum atomic E-state index is 13.3. The lowest BCUT2D eigenvalue weighted by Crippen LogP contribution is -2.42. The van der Waals surface area contributed by atoms with Crippen molar-refractivity contribution in [2.24, 2.45) is 0 Å². The fourth-order valence-electron chi connectivity index (χ4n) is 3.55. The number of amides is 1. The van der Waals surface area contributed by atoms with Crippen LogP contribution in [0.15, 0.2) is 70.4 Å². The number of hydrogen-bond acceptors (Lipinski definition) is 4. The Morgan fingerprint density at radius 2 is 1.69 bits per heavy atom. The van der Waals surface area contributed by atoms with Gasteiger partial charge >= 0.3 is 5.69 Å². The monoisotopic (exact) mass is 431 g/mol. The summed E-state index contributed by atoms with van der Waals surface area (Å²) < 4.78 is 4.06. The van der Waals surface area contributed by atoms with Gasteiger partial charge in [0.25, 0.3) is 5.56 Å². The molecule has 0 spiro atoms. The van der Waals surface area contributed by atoms with Crippen LogP contribution in [-0.4, -0.2) is 24.8 Å². The Morgan fingerprint density at radius 1 is 0.969 bits per heavy atom. The summed E-state index contributed by atoms with van der Waals surface area (Å²) in [6, 6.07) is 17.1. The van der Waals surface area contributed by atoms with Gasteiger partial charge in [-0.3, -0.25) is 23.4 Å². The minimum Gasteiger partial charge on any atom is -0.350 e. The molecule has 0 aliphatic heterocycles. The van der Waals surface area contributed by atoms with E-state index in [0.29, 0.717) is 18.6 Å². The van der Waals surface area contributed by atoms with Gasteiger partial charge in [-0.2, -0.15) is 5.10 Å². The molecule has 4 aromatic rings. The number of benzene rings is 2. The summed E-state index contributed by atoms with van der Waals surface area (Å²) >= 11 is 0. The van der Waals surface area contributed by atoms with Gasteiger partial charge in [0, 0.05) is 19.3 Å². The third-order valence-corrected chi connectivity index (χ3v) is 5.36. The number of nitrogens with zero attached hydrogens (tertiary/aromatic N) is 4. The first-order valence-corrected chi connectivity index (χ1v) is 10.5. The van der Waals surface area contributed by atoms with Crippen molar-refractivity contribution in [2.45, 2.75) is 40.0 Å². The smallest absolute Gasteiger partial charge is 0.332 e. The van der Waals surface area contributed by atoms with Crippen LogP contribution >= 0.6 is 0 Å². The van der Waals surface area contributed by atoms with Crippen LogP contribution in [-0.2, 0) is 31.0 Å². The van der Waals surface area contributed by atoms with Crippen molar-refractivity contribution in [2.75, 3.05) is 0 Å². The second-order valence-electron chi connectivity index (χ2n) is 7.73. The molecule has 8 heteroatoms. The summed E-state index contributed by atoms with van der Waals surface area (Å²) in [4.78, 5) is 39.0. The zero-order valence-corrected chi connectivity index (χ0v) is 18.1. The van der Waals surface area contributed by atoms with Crippen LogP contribution in [0.5, 0.6) is 0 Å². The molecule has 0 radical (unpaired) electrons. The zero-order chi connectivity index (χ0) is 22.7. The Kier molecular flexibility index (Phi) is 6.02. The molecule has 0 aliphatic carbocycles. The van der Waals surface area contributed by atoms with E-state index in [2.05, 4.69) is 10.4 Å². The minimum absolute atomic E-state index is 0.110. The fourth-order valence-corrected chi connectivity index (χ4v) is 3.55. The topological polar surface area (TPSA) is 90.9 Å². The molecule has 0 bridgehead atoms. The number of hydrogen-bond donors (Lipinski definition) is 1. The third-order valence-electron chi connectivity index (χ3n) is 5.36. The van der Waals surface area contributed by atoms with Crippen molar-refractivity contribution >= 4 is 16.9 Å². The molecular formula is C24H25N5O3. The number of carbonyl (C=O) groups is 1. The maximum absolute atomic E-state index is 13.3. The van der Waals surface area contributed by atoms with Crippen LogP contribution in [0, 0.1) is 6.92 Å². The van der Waals surface area contributed by atoms with Gasteiger partial charge in [0.05, 0.1) is 12.1 Å². The first-order valence-electron chi connectivity index (χ1n) is 10.5. The largest absolute Gasteiger partial charge is 0.350 e. The molecule has 0 saturated heterocycles. The van der Waals surface area contributed by atoms with Gasteiger partial charge in [-0.05, 0) is 25.0 Å². The lowest BCUT2D eigenvalue weighted by atomic mass is 10.1. The Bertz CT molecular complexity index is 1370. The van der Waals surface area contributed by atoms with Crippen molar-refractivity contribution < 1.29 is 4.79 Å². The molecule has 0 unspecified atom stereocenters. The predicted molar refractivity (Wildman–Crippen MR) is 122 cm³/mol. The molecule has 32 heavy (non-hydrogen) atoms. The summed E-state index contributed by atoms with van der Waals surface area (Å²) in [5.41, 5.74) is 2.46. The third kappa shape index (κ3) is 4.39. The number of nitrogens with one attached hydrogen (secondary N) is 1. The lowest BCUT2D eigenvalue weighted by molar-refractivity contribution is -0.121. The van der Waals surface area contributed by atoms with Gasteiger partial charge in [0.1, 0.15) is 6.54 Å². The number of rotatable bonds is 7. The quantitative estimate of drug-likeness (QED) is 0.485. The minimum atomic E-state index is -0.535. The molecule has 2 aromatic carbocycles. The Hall–Kier alpha value is -3.94. The number of aromatic nitrogens is 4.